The molecule has 0 aliphatic carbocycles. The molecule has 1 aliphatic rings. The number of carboxylic acid groups (broad SMARTS) is 2. The van der Waals surface area contributed by atoms with E-state index >= 15 is 0 Å². The quantitative estimate of drug-likeness (QED) is 0.295. The summed E-state index contributed by atoms with van der Waals surface area (Å²) in [5, 5.41) is 36.3. The summed E-state index contributed by atoms with van der Waals surface area (Å²) >= 11 is 5.93. The minimum absolute atomic E-state index is 0. The van der Waals surface area contributed by atoms with Gasteiger partial charge in [-0.15, -0.1) is 0 Å². The Balaban J connectivity index is 0.00000240. The zero-order valence-corrected chi connectivity index (χ0v) is 19.7. The number of hydrogen-bond donors (Lipinski definition) is 2. The molecule has 3 rings (SSSR count). The van der Waals surface area contributed by atoms with Crippen molar-refractivity contribution >= 4 is 23.5 Å². The summed E-state index contributed by atoms with van der Waals surface area (Å²) in [6, 6.07) is 11.5. The smallest absolute Gasteiger partial charge is 0.542 e. The predicted molar refractivity (Wildman–Crippen MR) is 98.0 cm³/mol. The van der Waals surface area contributed by atoms with Gasteiger partial charge in [-0.3, -0.25) is 0 Å². The van der Waals surface area contributed by atoms with Crippen LogP contribution in [0.15, 0.2) is 42.5 Å². The summed E-state index contributed by atoms with van der Waals surface area (Å²) in [5.41, 5.74) is 1.44. The van der Waals surface area contributed by atoms with Crippen molar-refractivity contribution in [2.45, 2.75) is 31.3 Å². The van der Waals surface area contributed by atoms with Gasteiger partial charge in [-0.2, -0.15) is 0 Å². The van der Waals surface area contributed by atoms with Gasteiger partial charge in [0.2, 0.25) is 0 Å². The Morgan fingerprint density at radius 2 is 1.74 bits per heavy atom. The van der Waals surface area contributed by atoms with Crippen LogP contribution in [0.5, 0.6) is 11.5 Å². The number of fused-ring (bicyclic) bond motifs is 1. The molecule has 0 radical (unpaired) electrons. The van der Waals surface area contributed by atoms with Gasteiger partial charge in [-0.1, -0.05) is 29.8 Å². The molecule has 0 aromatic heterocycles. The van der Waals surface area contributed by atoms with Crippen molar-refractivity contribution < 1.29 is 79.1 Å². The van der Waals surface area contributed by atoms with Gasteiger partial charge in [0.25, 0.3) is 0 Å². The Morgan fingerprint density at radius 3 is 2.35 bits per heavy atom. The van der Waals surface area contributed by atoms with Crippen LogP contribution in [0.3, 0.4) is 0 Å². The maximum Gasteiger partial charge on any atom is 1.00 e. The molecular weight excluding hydrogens is 617 g/mol. The molecule has 2 N–H and O–H groups in total. The van der Waals surface area contributed by atoms with Gasteiger partial charge >= 0.3 is 50.5 Å². The Morgan fingerprint density at radius 1 is 1.10 bits per heavy atom. The molecule has 0 bridgehead atoms. The Hall–Kier alpha value is -1.33. The van der Waals surface area contributed by atoms with Gasteiger partial charge in [0.15, 0.2) is 11.5 Å². The van der Waals surface area contributed by atoms with Crippen molar-refractivity contribution in [2.24, 2.45) is 0 Å². The second kappa shape index (κ2) is 11.5. The maximum atomic E-state index is 11.2. The molecule has 2 unspecified atom stereocenters. The van der Waals surface area contributed by atoms with Gasteiger partial charge in [-0.05, 0) is 48.7 Å². The fourth-order valence-corrected chi connectivity index (χ4v) is 3.19. The van der Waals surface area contributed by atoms with Crippen LogP contribution in [0.4, 0.5) is 0 Å². The number of hydrogen-bond acceptors (Lipinski definition) is 8. The molecule has 1 heterocycles. The molecule has 8 nitrogen and oxygen atoms in total. The molecule has 31 heavy (non-hydrogen) atoms. The molecule has 2 aromatic carbocycles. The standard InChI is InChI=1S/C20H20ClNO7.2Ag/c1-11(22-10-15(23)13-3-2-4-14(21)9-13)7-12-5-6-16-17(8-12)29-20(28-16,18(24)25)19(26)27;;/h2-6,8-9,11,15,22-23H,7,10H2,1H3,(H,24,25)(H,26,27);;/q;2*+1/p-2. The van der Waals surface area contributed by atoms with Gasteiger partial charge in [0, 0.05) is 17.6 Å². The minimum atomic E-state index is -2.99. The molecule has 0 saturated heterocycles. The normalized spacial score (nSPS) is 15.2. The van der Waals surface area contributed by atoms with Crippen molar-refractivity contribution in [1.29, 1.82) is 0 Å². The molecule has 11 heteroatoms. The van der Waals surface area contributed by atoms with E-state index in [-0.39, 0.29) is 62.3 Å². The van der Waals surface area contributed by atoms with Crippen LogP contribution in [-0.2, 0) is 60.8 Å². The number of ether oxygens (including phenoxy) is 2. The second-order valence-electron chi connectivity index (χ2n) is 6.76. The fourth-order valence-electron chi connectivity index (χ4n) is 2.99. The molecular formula is C20H18Ag2ClNO7. The van der Waals surface area contributed by atoms with Crippen LogP contribution in [0.1, 0.15) is 24.2 Å². The van der Waals surface area contributed by atoms with E-state index in [1.165, 1.54) is 12.1 Å². The van der Waals surface area contributed by atoms with Crippen molar-refractivity contribution in [1.82, 2.24) is 5.32 Å². The van der Waals surface area contributed by atoms with Gasteiger partial charge in [-0.25, -0.2) is 0 Å². The van der Waals surface area contributed by atoms with E-state index in [1.807, 2.05) is 6.92 Å². The SMILES string of the molecule is CC(Cc1ccc2c(c1)OC(C(=O)[O-])(C(=O)[O-])O2)NCC(O)c1cccc(Cl)c1.[Ag+].[Ag+]. The molecule has 2 aromatic rings. The number of carboxylic acids is 2. The van der Waals surface area contributed by atoms with E-state index < -0.39 is 23.8 Å². The number of benzene rings is 2. The van der Waals surface area contributed by atoms with E-state index in [0.29, 0.717) is 23.6 Å². The first-order valence-corrected chi connectivity index (χ1v) is 9.20. The summed E-state index contributed by atoms with van der Waals surface area (Å²) in [6.07, 6.45) is -0.234. The summed E-state index contributed by atoms with van der Waals surface area (Å²) in [7, 11) is 0. The first kappa shape index (κ1) is 27.7. The molecule has 0 saturated carbocycles. The van der Waals surface area contributed by atoms with Crippen molar-refractivity contribution in [3.8, 4) is 11.5 Å². The number of rotatable bonds is 8. The van der Waals surface area contributed by atoms with Crippen LogP contribution in [0.25, 0.3) is 0 Å². The van der Waals surface area contributed by atoms with Crippen LogP contribution < -0.4 is 25.0 Å². The first-order valence-electron chi connectivity index (χ1n) is 8.82. The predicted octanol–water partition coefficient (Wildman–Crippen LogP) is -0.443. The summed E-state index contributed by atoms with van der Waals surface area (Å²) in [4.78, 5) is 22.3. The van der Waals surface area contributed by atoms with Gasteiger partial charge < -0.3 is 39.7 Å². The number of aliphatic hydroxyl groups is 1. The summed E-state index contributed by atoms with van der Waals surface area (Å²) in [5.74, 6) is -7.16. The zero-order chi connectivity index (χ0) is 21.2. The Labute approximate surface area is 214 Å². The first-order chi connectivity index (χ1) is 13.7. The second-order valence-corrected chi connectivity index (χ2v) is 7.20. The van der Waals surface area contributed by atoms with Crippen LogP contribution in [0, 0.1) is 0 Å². The average molecular weight is 636 g/mol. The van der Waals surface area contributed by atoms with E-state index in [2.05, 4.69) is 5.32 Å². The third-order valence-corrected chi connectivity index (χ3v) is 4.72. The molecule has 0 amide bonds. The topological polar surface area (TPSA) is 131 Å². The minimum Gasteiger partial charge on any atom is -0.542 e. The monoisotopic (exact) mass is 633 g/mol. The van der Waals surface area contributed by atoms with Crippen LogP contribution >= 0.6 is 11.6 Å². The van der Waals surface area contributed by atoms with Gasteiger partial charge in [0.05, 0.1) is 6.10 Å². The number of aliphatic carboxylic acids is 2. The van der Waals surface area contributed by atoms with Crippen LogP contribution in [-0.4, -0.2) is 35.4 Å². The Kier molecular flexibility index (Phi) is 10.3. The number of carbonyl (C=O) groups is 2. The summed E-state index contributed by atoms with van der Waals surface area (Å²) in [6.45, 7) is 2.20. The number of carbonyl (C=O) groups excluding carboxylic acids is 2. The number of nitrogens with one attached hydrogen (secondary N) is 1. The van der Waals surface area contributed by atoms with E-state index in [4.69, 9.17) is 21.1 Å². The zero-order valence-electron chi connectivity index (χ0n) is 16.0. The maximum absolute atomic E-state index is 11.2. The molecule has 174 valence electrons. The third kappa shape index (κ3) is 6.35. The van der Waals surface area contributed by atoms with Crippen molar-refractivity contribution in [3.05, 3.63) is 58.6 Å². The molecule has 2 atom stereocenters. The number of aliphatic hydroxyl groups excluding tert-OH is 1. The molecule has 0 fully saturated rings. The average Bonchev–Trinajstić information content (AvgIpc) is 3.06. The molecule has 0 spiro atoms. The van der Waals surface area contributed by atoms with E-state index in [9.17, 15) is 24.9 Å². The third-order valence-electron chi connectivity index (χ3n) is 4.49. The van der Waals surface area contributed by atoms with Crippen LogP contribution in [0.2, 0.25) is 5.02 Å². The summed E-state index contributed by atoms with van der Waals surface area (Å²) < 4.78 is 9.90. The van der Waals surface area contributed by atoms with Crippen molar-refractivity contribution in [3.63, 3.8) is 0 Å². The Bertz CT molecular complexity index is 929. The largest absolute Gasteiger partial charge is 1.00 e. The van der Waals surface area contributed by atoms with Gasteiger partial charge in [0.1, 0.15) is 11.9 Å². The van der Waals surface area contributed by atoms with E-state index in [0.717, 1.165) is 5.56 Å². The number of halogens is 1. The van der Waals surface area contributed by atoms with Crippen molar-refractivity contribution in [2.75, 3.05) is 6.54 Å². The molecule has 1 aliphatic heterocycles. The fraction of sp³-hybridized carbons (Fsp3) is 0.300. The van der Waals surface area contributed by atoms with E-state index in [1.54, 1.807) is 30.3 Å².